The van der Waals surface area contributed by atoms with Crippen LogP contribution in [0.25, 0.3) is 0 Å². The zero-order valence-corrected chi connectivity index (χ0v) is 12.0. The number of rotatable bonds is 4. The Bertz CT molecular complexity index is 476. The molecule has 2 rings (SSSR count). The van der Waals surface area contributed by atoms with Gasteiger partial charge in [-0.1, -0.05) is 19.9 Å². The minimum absolute atomic E-state index is 0.625. The second kappa shape index (κ2) is 6.08. The molecule has 1 aromatic rings. The summed E-state index contributed by atoms with van der Waals surface area (Å²) in [5.74, 6) is 1.35. The van der Waals surface area contributed by atoms with Gasteiger partial charge in [-0.25, -0.2) is 0 Å². The zero-order chi connectivity index (χ0) is 13.8. The monoisotopic (exact) mass is 258 g/mol. The molecule has 0 saturated carbocycles. The van der Waals surface area contributed by atoms with Crippen LogP contribution in [0.15, 0.2) is 18.2 Å². The summed E-state index contributed by atoms with van der Waals surface area (Å²) in [6.07, 6.45) is 2.57. The first-order chi connectivity index (χ1) is 9.15. The molecule has 3 heteroatoms. The lowest BCUT2D eigenvalue weighted by atomic mass is 10.0. The predicted octanol–water partition coefficient (Wildman–Crippen LogP) is 3.19. The van der Waals surface area contributed by atoms with Gasteiger partial charge in [-0.05, 0) is 43.0 Å². The summed E-state index contributed by atoms with van der Waals surface area (Å²) < 4.78 is 5.18. The van der Waals surface area contributed by atoms with E-state index in [4.69, 9.17) is 10.00 Å². The number of methoxy groups -OCH3 is 1. The third-order valence-corrected chi connectivity index (χ3v) is 3.95. The van der Waals surface area contributed by atoms with Crippen molar-refractivity contribution < 1.29 is 4.74 Å². The van der Waals surface area contributed by atoms with Crippen LogP contribution in [-0.2, 0) is 6.54 Å². The van der Waals surface area contributed by atoms with Crippen LogP contribution in [-0.4, -0.2) is 24.6 Å². The van der Waals surface area contributed by atoms with E-state index in [-0.39, 0.29) is 0 Å². The standard InChI is InChI=1S/C16H22N2O/c1-12(2)15-5-4-8-18(15)11-13-6-7-16(19-3)14(9-13)10-17/h6-7,9,12,15H,4-5,8,11H2,1-3H3. The van der Waals surface area contributed by atoms with Crippen molar-refractivity contribution in [2.24, 2.45) is 5.92 Å². The van der Waals surface area contributed by atoms with E-state index in [1.54, 1.807) is 7.11 Å². The Labute approximate surface area is 115 Å². The third kappa shape index (κ3) is 3.08. The highest BCUT2D eigenvalue weighted by atomic mass is 16.5. The maximum Gasteiger partial charge on any atom is 0.136 e. The topological polar surface area (TPSA) is 36.3 Å². The minimum Gasteiger partial charge on any atom is -0.495 e. The van der Waals surface area contributed by atoms with Gasteiger partial charge in [0.05, 0.1) is 12.7 Å². The van der Waals surface area contributed by atoms with E-state index in [2.05, 4.69) is 30.9 Å². The number of hydrogen-bond donors (Lipinski definition) is 0. The maximum atomic E-state index is 9.13. The van der Waals surface area contributed by atoms with Crippen molar-refractivity contribution in [3.63, 3.8) is 0 Å². The van der Waals surface area contributed by atoms with Crippen molar-refractivity contribution >= 4 is 0 Å². The molecule has 1 aliphatic heterocycles. The molecule has 0 aliphatic carbocycles. The van der Waals surface area contributed by atoms with E-state index in [9.17, 15) is 0 Å². The van der Waals surface area contributed by atoms with E-state index in [0.717, 1.165) is 13.1 Å². The highest BCUT2D eigenvalue weighted by Gasteiger charge is 2.26. The zero-order valence-electron chi connectivity index (χ0n) is 12.0. The number of ether oxygens (including phenoxy) is 1. The number of nitrogens with zero attached hydrogens (tertiary/aromatic N) is 2. The SMILES string of the molecule is COc1ccc(CN2CCCC2C(C)C)cc1C#N. The molecular formula is C16H22N2O. The van der Waals surface area contributed by atoms with Crippen LogP contribution >= 0.6 is 0 Å². The molecule has 1 unspecified atom stereocenters. The molecule has 0 aromatic heterocycles. The van der Waals surface area contributed by atoms with Gasteiger partial charge in [-0.2, -0.15) is 5.26 Å². The average molecular weight is 258 g/mol. The molecule has 0 amide bonds. The van der Waals surface area contributed by atoms with Gasteiger partial charge in [-0.15, -0.1) is 0 Å². The molecule has 1 atom stereocenters. The fourth-order valence-corrected chi connectivity index (χ4v) is 2.98. The fraction of sp³-hybridized carbons (Fsp3) is 0.562. The second-order valence-electron chi connectivity index (χ2n) is 5.57. The Kier molecular flexibility index (Phi) is 4.44. The van der Waals surface area contributed by atoms with Crippen molar-refractivity contribution in [1.82, 2.24) is 4.90 Å². The number of hydrogen-bond acceptors (Lipinski definition) is 3. The van der Waals surface area contributed by atoms with Crippen LogP contribution in [0.1, 0.15) is 37.8 Å². The Morgan fingerprint density at radius 1 is 1.47 bits per heavy atom. The van der Waals surface area contributed by atoms with E-state index < -0.39 is 0 Å². The van der Waals surface area contributed by atoms with Gasteiger partial charge in [0.15, 0.2) is 0 Å². The lowest BCUT2D eigenvalue weighted by Gasteiger charge is -2.27. The summed E-state index contributed by atoms with van der Waals surface area (Å²) in [7, 11) is 1.60. The van der Waals surface area contributed by atoms with Gasteiger partial charge in [-0.3, -0.25) is 4.90 Å². The highest BCUT2D eigenvalue weighted by molar-refractivity contribution is 5.45. The molecule has 102 valence electrons. The fourth-order valence-electron chi connectivity index (χ4n) is 2.98. The molecule has 0 spiro atoms. The van der Waals surface area contributed by atoms with Crippen LogP contribution in [0, 0.1) is 17.2 Å². The molecule has 0 N–H and O–H groups in total. The molecule has 1 aliphatic rings. The van der Waals surface area contributed by atoms with Gasteiger partial charge >= 0.3 is 0 Å². The lowest BCUT2D eigenvalue weighted by Crippen LogP contribution is -2.32. The number of benzene rings is 1. The van der Waals surface area contributed by atoms with Crippen molar-refractivity contribution in [3.8, 4) is 11.8 Å². The number of likely N-dealkylation sites (tertiary alicyclic amines) is 1. The van der Waals surface area contributed by atoms with Crippen molar-refractivity contribution in [2.75, 3.05) is 13.7 Å². The first-order valence-corrected chi connectivity index (χ1v) is 6.96. The molecule has 1 saturated heterocycles. The van der Waals surface area contributed by atoms with Crippen LogP contribution in [0.3, 0.4) is 0 Å². The smallest absolute Gasteiger partial charge is 0.136 e. The lowest BCUT2D eigenvalue weighted by molar-refractivity contribution is 0.199. The molecular weight excluding hydrogens is 236 g/mol. The molecule has 0 bridgehead atoms. The Hall–Kier alpha value is -1.53. The van der Waals surface area contributed by atoms with Gasteiger partial charge in [0, 0.05) is 12.6 Å². The average Bonchev–Trinajstić information content (AvgIpc) is 2.87. The Morgan fingerprint density at radius 3 is 2.89 bits per heavy atom. The summed E-state index contributed by atoms with van der Waals surface area (Å²) in [5, 5.41) is 9.13. The third-order valence-electron chi connectivity index (χ3n) is 3.95. The summed E-state index contributed by atoms with van der Waals surface area (Å²) in [5.41, 5.74) is 1.82. The maximum absolute atomic E-state index is 9.13. The molecule has 1 fully saturated rings. The van der Waals surface area contributed by atoms with E-state index in [1.807, 2.05) is 12.1 Å². The first kappa shape index (κ1) is 13.9. The van der Waals surface area contributed by atoms with Gasteiger partial charge < -0.3 is 4.74 Å². The number of nitriles is 1. The van der Waals surface area contributed by atoms with Crippen LogP contribution in [0.4, 0.5) is 0 Å². The van der Waals surface area contributed by atoms with Crippen molar-refractivity contribution in [3.05, 3.63) is 29.3 Å². The second-order valence-corrected chi connectivity index (χ2v) is 5.57. The molecule has 19 heavy (non-hydrogen) atoms. The minimum atomic E-state index is 0.625. The van der Waals surface area contributed by atoms with Crippen molar-refractivity contribution in [2.45, 2.75) is 39.3 Å². The summed E-state index contributed by atoms with van der Waals surface area (Å²) in [6.45, 7) is 6.67. The van der Waals surface area contributed by atoms with E-state index >= 15 is 0 Å². The normalized spacial score (nSPS) is 19.6. The van der Waals surface area contributed by atoms with Crippen molar-refractivity contribution in [1.29, 1.82) is 5.26 Å². The summed E-state index contributed by atoms with van der Waals surface area (Å²) >= 11 is 0. The molecule has 1 aromatic carbocycles. The molecule has 1 heterocycles. The Morgan fingerprint density at radius 2 is 2.26 bits per heavy atom. The summed E-state index contributed by atoms with van der Waals surface area (Å²) in [6, 6.07) is 8.79. The van der Waals surface area contributed by atoms with E-state index in [1.165, 1.54) is 18.4 Å². The molecule has 0 radical (unpaired) electrons. The van der Waals surface area contributed by atoms with E-state index in [0.29, 0.717) is 23.3 Å². The highest BCUT2D eigenvalue weighted by Crippen LogP contribution is 2.27. The van der Waals surface area contributed by atoms with Crippen LogP contribution < -0.4 is 4.74 Å². The van der Waals surface area contributed by atoms with Crippen LogP contribution in [0.5, 0.6) is 5.75 Å². The van der Waals surface area contributed by atoms with Gasteiger partial charge in [0.1, 0.15) is 11.8 Å². The Balaban J connectivity index is 2.13. The van der Waals surface area contributed by atoms with Gasteiger partial charge in [0.2, 0.25) is 0 Å². The first-order valence-electron chi connectivity index (χ1n) is 6.96. The molecule has 3 nitrogen and oxygen atoms in total. The quantitative estimate of drug-likeness (QED) is 0.832. The predicted molar refractivity (Wildman–Crippen MR) is 76.0 cm³/mol. The van der Waals surface area contributed by atoms with Crippen LogP contribution in [0.2, 0.25) is 0 Å². The largest absolute Gasteiger partial charge is 0.495 e. The summed E-state index contributed by atoms with van der Waals surface area (Å²) in [4.78, 5) is 2.54. The van der Waals surface area contributed by atoms with Gasteiger partial charge in [0.25, 0.3) is 0 Å².